The third-order valence-corrected chi connectivity index (χ3v) is 6.70. The van der Waals surface area contributed by atoms with E-state index in [1.54, 1.807) is 26.0 Å². The van der Waals surface area contributed by atoms with E-state index in [1.807, 2.05) is 6.07 Å². The van der Waals surface area contributed by atoms with Gasteiger partial charge in [0.05, 0.1) is 15.8 Å². The summed E-state index contributed by atoms with van der Waals surface area (Å²) in [6.45, 7) is 7.33. The number of hydrogen-bond donors (Lipinski definition) is 3. The maximum absolute atomic E-state index is 12.7. The van der Waals surface area contributed by atoms with Crippen LogP contribution in [0.25, 0.3) is 0 Å². The molecule has 1 aliphatic heterocycles. The molecule has 9 heteroatoms. The smallest absolute Gasteiger partial charge is 0.223 e. The Labute approximate surface area is 155 Å². The van der Waals surface area contributed by atoms with Crippen LogP contribution in [0.1, 0.15) is 33.6 Å². The summed E-state index contributed by atoms with van der Waals surface area (Å²) in [5, 5.41) is -0.581. The van der Waals surface area contributed by atoms with Crippen molar-refractivity contribution in [1.82, 2.24) is 0 Å². The number of nitrogens with two attached hydrogens (primary N) is 3. The van der Waals surface area contributed by atoms with Crippen molar-refractivity contribution in [2.45, 2.75) is 43.8 Å². The second-order valence-electron chi connectivity index (χ2n) is 6.92. The van der Waals surface area contributed by atoms with E-state index in [2.05, 4.69) is 21.8 Å². The average Bonchev–Trinajstić information content (AvgIpc) is 2.54. The normalized spacial score (nSPS) is 16.8. The molecular weight excluding hydrogens is 352 g/mol. The first-order valence-corrected chi connectivity index (χ1v) is 10.2. The van der Waals surface area contributed by atoms with E-state index in [0.29, 0.717) is 5.92 Å². The third kappa shape index (κ3) is 4.66. The van der Waals surface area contributed by atoms with Gasteiger partial charge in [-0.3, -0.25) is 0 Å². The van der Waals surface area contributed by atoms with Gasteiger partial charge >= 0.3 is 0 Å². The number of rotatable bonds is 4. The Morgan fingerprint density at radius 3 is 2.35 bits per heavy atom. The molecule has 1 aromatic rings. The summed E-state index contributed by atoms with van der Waals surface area (Å²) in [4.78, 5) is 10.2. The highest BCUT2D eigenvalue weighted by Crippen LogP contribution is 2.33. The zero-order chi connectivity index (χ0) is 19.5. The number of nitrogens with zero attached hydrogens (tertiary/aromatic N) is 3. The van der Waals surface area contributed by atoms with Crippen molar-refractivity contribution in [3.05, 3.63) is 18.2 Å². The van der Waals surface area contributed by atoms with Crippen LogP contribution in [0.3, 0.4) is 0 Å². The molecule has 0 saturated carbocycles. The molecule has 1 fully saturated rings. The summed E-state index contributed by atoms with van der Waals surface area (Å²) < 4.78 is 25.4. The van der Waals surface area contributed by atoms with Gasteiger partial charge in [-0.1, -0.05) is 6.92 Å². The zero-order valence-corrected chi connectivity index (χ0v) is 16.3. The predicted octanol–water partition coefficient (Wildman–Crippen LogP) is 1.32. The summed E-state index contributed by atoms with van der Waals surface area (Å²) >= 11 is 0. The standard InChI is InChI=1S/C17H28N6O2S/c1-11(2)26(24,25)15-5-4-13(23-8-6-12(3)7-9-23)10-14(15)21-17(20)22-16(18)19/h4-5,10-12H,6-9H2,1-3H3,(H6,18,19,20,21,22). The van der Waals surface area contributed by atoms with E-state index >= 15 is 0 Å². The van der Waals surface area contributed by atoms with Gasteiger partial charge in [0, 0.05) is 18.8 Å². The Kier molecular flexibility index (Phi) is 6.12. The molecule has 8 nitrogen and oxygen atoms in total. The van der Waals surface area contributed by atoms with Crippen LogP contribution in [-0.2, 0) is 9.84 Å². The number of hydrogen-bond acceptors (Lipinski definition) is 4. The highest BCUT2D eigenvalue weighted by atomic mass is 32.2. The van der Waals surface area contributed by atoms with Crippen molar-refractivity contribution in [2.75, 3.05) is 18.0 Å². The molecule has 0 amide bonds. The molecule has 0 spiro atoms. The molecule has 0 radical (unpaired) electrons. The summed E-state index contributed by atoms with van der Waals surface area (Å²) in [5.41, 5.74) is 17.5. The van der Waals surface area contributed by atoms with Crippen LogP contribution in [0, 0.1) is 5.92 Å². The van der Waals surface area contributed by atoms with Crippen LogP contribution in [-0.4, -0.2) is 38.7 Å². The first-order chi connectivity index (χ1) is 12.1. The molecule has 26 heavy (non-hydrogen) atoms. The van der Waals surface area contributed by atoms with Gasteiger partial charge in [-0.25, -0.2) is 13.4 Å². The van der Waals surface area contributed by atoms with Crippen molar-refractivity contribution in [2.24, 2.45) is 33.1 Å². The Bertz CT molecular complexity index is 805. The summed E-state index contributed by atoms with van der Waals surface area (Å²) in [6, 6.07) is 5.14. The van der Waals surface area contributed by atoms with Crippen LogP contribution in [0.5, 0.6) is 0 Å². The van der Waals surface area contributed by atoms with Crippen molar-refractivity contribution < 1.29 is 8.42 Å². The number of anilines is 1. The fourth-order valence-electron chi connectivity index (χ4n) is 2.83. The van der Waals surface area contributed by atoms with Crippen LogP contribution in [0.4, 0.5) is 11.4 Å². The van der Waals surface area contributed by atoms with Gasteiger partial charge < -0.3 is 22.1 Å². The molecule has 0 aliphatic carbocycles. The third-order valence-electron chi connectivity index (χ3n) is 4.50. The van der Waals surface area contributed by atoms with Crippen molar-refractivity contribution >= 4 is 33.1 Å². The minimum absolute atomic E-state index is 0.121. The largest absolute Gasteiger partial charge is 0.371 e. The molecule has 0 atom stereocenters. The van der Waals surface area contributed by atoms with Crippen molar-refractivity contribution in [3.8, 4) is 0 Å². The second kappa shape index (κ2) is 7.94. The molecule has 1 saturated heterocycles. The molecule has 144 valence electrons. The number of guanidine groups is 2. The fourth-order valence-corrected chi connectivity index (χ4v) is 3.99. The van der Waals surface area contributed by atoms with E-state index in [0.717, 1.165) is 31.6 Å². The van der Waals surface area contributed by atoms with Gasteiger partial charge in [-0.2, -0.15) is 4.99 Å². The minimum Gasteiger partial charge on any atom is -0.371 e. The average molecular weight is 381 g/mol. The van der Waals surface area contributed by atoms with Crippen molar-refractivity contribution in [1.29, 1.82) is 0 Å². The predicted molar refractivity (Wildman–Crippen MR) is 106 cm³/mol. The van der Waals surface area contributed by atoms with E-state index in [1.165, 1.54) is 0 Å². The Morgan fingerprint density at radius 2 is 1.81 bits per heavy atom. The van der Waals surface area contributed by atoms with Crippen molar-refractivity contribution in [3.63, 3.8) is 0 Å². The van der Waals surface area contributed by atoms with E-state index in [4.69, 9.17) is 17.2 Å². The van der Waals surface area contributed by atoms with Crippen LogP contribution < -0.4 is 22.1 Å². The summed E-state index contributed by atoms with van der Waals surface area (Å²) in [6.07, 6.45) is 2.20. The molecule has 1 aliphatic rings. The summed E-state index contributed by atoms with van der Waals surface area (Å²) in [5.74, 6) is 0.275. The first-order valence-electron chi connectivity index (χ1n) is 8.68. The maximum Gasteiger partial charge on any atom is 0.223 e. The maximum atomic E-state index is 12.7. The number of aliphatic imine (C=N–C) groups is 2. The van der Waals surface area contributed by atoms with Crippen LogP contribution in [0.15, 0.2) is 33.1 Å². The highest BCUT2D eigenvalue weighted by Gasteiger charge is 2.24. The SMILES string of the molecule is CC1CCN(c2ccc(S(=O)(=O)C(C)C)c(N=C(N)N=C(N)N)c2)CC1. The van der Waals surface area contributed by atoms with E-state index in [-0.39, 0.29) is 22.5 Å². The monoisotopic (exact) mass is 380 g/mol. The van der Waals surface area contributed by atoms with E-state index in [9.17, 15) is 8.42 Å². The van der Waals surface area contributed by atoms with Gasteiger partial charge in [0.1, 0.15) is 0 Å². The molecule has 0 aromatic heterocycles. The zero-order valence-electron chi connectivity index (χ0n) is 15.5. The molecule has 2 rings (SSSR count). The Morgan fingerprint density at radius 1 is 1.19 bits per heavy atom. The molecule has 0 bridgehead atoms. The van der Waals surface area contributed by atoms with Gasteiger partial charge in [0.15, 0.2) is 15.8 Å². The lowest BCUT2D eigenvalue weighted by atomic mass is 9.99. The fraction of sp³-hybridized carbons (Fsp3) is 0.529. The Balaban J connectivity index is 2.51. The van der Waals surface area contributed by atoms with Gasteiger partial charge in [-0.15, -0.1) is 0 Å². The highest BCUT2D eigenvalue weighted by molar-refractivity contribution is 7.92. The number of sulfone groups is 1. The van der Waals surface area contributed by atoms with E-state index < -0.39 is 15.1 Å². The Hall–Kier alpha value is -2.29. The van der Waals surface area contributed by atoms with Gasteiger partial charge in [-0.05, 0) is 50.8 Å². The quantitative estimate of drug-likeness (QED) is 0.531. The molecule has 0 unspecified atom stereocenters. The van der Waals surface area contributed by atoms with Gasteiger partial charge in [0.2, 0.25) is 5.96 Å². The molecule has 6 N–H and O–H groups in total. The first kappa shape index (κ1) is 20.0. The molecule has 1 heterocycles. The van der Waals surface area contributed by atoms with Crippen LogP contribution >= 0.6 is 0 Å². The molecular formula is C17H28N6O2S. The minimum atomic E-state index is -3.53. The number of benzene rings is 1. The number of piperidine rings is 1. The topological polar surface area (TPSA) is 140 Å². The lowest BCUT2D eigenvalue weighted by Gasteiger charge is -2.32. The van der Waals surface area contributed by atoms with Crippen LogP contribution in [0.2, 0.25) is 0 Å². The lowest BCUT2D eigenvalue weighted by molar-refractivity contribution is 0.438. The second-order valence-corrected chi connectivity index (χ2v) is 9.39. The van der Waals surface area contributed by atoms with Gasteiger partial charge in [0.25, 0.3) is 0 Å². The lowest BCUT2D eigenvalue weighted by Crippen LogP contribution is -2.32. The molecule has 1 aromatic carbocycles. The summed E-state index contributed by atoms with van der Waals surface area (Å²) in [7, 11) is -3.53.